The van der Waals surface area contributed by atoms with Crippen molar-refractivity contribution in [1.82, 2.24) is 10.2 Å². The molecule has 1 saturated heterocycles. The number of nitrogens with one attached hydrogen (secondary N) is 1. The van der Waals surface area contributed by atoms with E-state index in [2.05, 4.69) is 44.8 Å². The summed E-state index contributed by atoms with van der Waals surface area (Å²) in [6, 6.07) is 1.42. The predicted octanol–water partition coefficient (Wildman–Crippen LogP) is 3.52. The van der Waals surface area contributed by atoms with Gasteiger partial charge in [-0.1, -0.05) is 53.9 Å². The minimum atomic E-state index is 0.686. The molecule has 18 heavy (non-hydrogen) atoms. The Balaban J connectivity index is 2.44. The topological polar surface area (TPSA) is 15.3 Å². The predicted molar refractivity (Wildman–Crippen MR) is 81.0 cm³/mol. The summed E-state index contributed by atoms with van der Waals surface area (Å²) in [5, 5.41) is 3.74. The molecule has 1 fully saturated rings. The molecule has 2 nitrogen and oxygen atoms in total. The van der Waals surface area contributed by atoms with Gasteiger partial charge in [-0.3, -0.25) is 4.90 Å². The molecule has 1 N–H and O–H groups in total. The first-order valence-electron chi connectivity index (χ1n) is 8.03. The standard InChI is InChI=1S/C16H34N2/c1-6-7-8-9-10-18-12-15(13(2)3)17-11-16(18)14(4)5/h13-17H,6-12H2,1-5H3. The molecule has 1 rings (SSSR count). The fourth-order valence-corrected chi connectivity index (χ4v) is 2.96. The second kappa shape index (κ2) is 8.16. The van der Waals surface area contributed by atoms with Gasteiger partial charge in [-0.2, -0.15) is 0 Å². The molecule has 0 amide bonds. The first kappa shape index (κ1) is 16.0. The number of nitrogens with zero attached hydrogens (tertiary/aromatic N) is 1. The van der Waals surface area contributed by atoms with E-state index in [1.165, 1.54) is 45.3 Å². The van der Waals surface area contributed by atoms with Crippen molar-refractivity contribution in [2.45, 2.75) is 72.4 Å². The third-order valence-corrected chi connectivity index (χ3v) is 4.36. The summed E-state index contributed by atoms with van der Waals surface area (Å²) in [7, 11) is 0. The van der Waals surface area contributed by atoms with Crippen molar-refractivity contribution >= 4 is 0 Å². The molecular formula is C16H34N2. The number of hydrogen-bond acceptors (Lipinski definition) is 2. The quantitative estimate of drug-likeness (QED) is 0.699. The Kier molecular flexibility index (Phi) is 7.25. The van der Waals surface area contributed by atoms with Gasteiger partial charge in [-0.25, -0.2) is 0 Å². The van der Waals surface area contributed by atoms with Crippen molar-refractivity contribution in [3.8, 4) is 0 Å². The minimum absolute atomic E-state index is 0.686. The lowest BCUT2D eigenvalue weighted by Crippen LogP contribution is -2.59. The van der Waals surface area contributed by atoms with Crippen LogP contribution in [0.25, 0.3) is 0 Å². The molecule has 2 heteroatoms. The van der Waals surface area contributed by atoms with Gasteiger partial charge in [-0.05, 0) is 24.8 Å². The van der Waals surface area contributed by atoms with Crippen LogP contribution < -0.4 is 5.32 Å². The normalized spacial score (nSPS) is 26.2. The lowest BCUT2D eigenvalue weighted by molar-refractivity contribution is 0.0834. The van der Waals surface area contributed by atoms with Crippen molar-refractivity contribution in [2.75, 3.05) is 19.6 Å². The molecule has 0 bridgehead atoms. The van der Waals surface area contributed by atoms with E-state index in [-0.39, 0.29) is 0 Å². The van der Waals surface area contributed by atoms with E-state index in [4.69, 9.17) is 0 Å². The number of rotatable bonds is 7. The van der Waals surface area contributed by atoms with Gasteiger partial charge in [0, 0.05) is 25.2 Å². The molecular weight excluding hydrogens is 220 g/mol. The zero-order chi connectivity index (χ0) is 13.5. The zero-order valence-corrected chi connectivity index (χ0v) is 13.2. The van der Waals surface area contributed by atoms with Crippen molar-refractivity contribution in [3.05, 3.63) is 0 Å². The van der Waals surface area contributed by atoms with Crippen LogP contribution in [0.5, 0.6) is 0 Å². The van der Waals surface area contributed by atoms with Crippen LogP contribution in [0, 0.1) is 11.8 Å². The van der Waals surface area contributed by atoms with Gasteiger partial charge < -0.3 is 5.32 Å². The summed E-state index contributed by atoms with van der Waals surface area (Å²) >= 11 is 0. The average Bonchev–Trinajstić information content (AvgIpc) is 2.34. The first-order chi connectivity index (χ1) is 8.56. The molecule has 2 atom stereocenters. The molecule has 0 aliphatic carbocycles. The summed E-state index contributed by atoms with van der Waals surface area (Å²) in [6.07, 6.45) is 5.51. The summed E-state index contributed by atoms with van der Waals surface area (Å²) in [5.41, 5.74) is 0. The van der Waals surface area contributed by atoms with Crippen LogP contribution in [0.4, 0.5) is 0 Å². The molecule has 0 saturated carbocycles. The monoisotopic (exact) mass is 254 g/mol. The molecule has 1 heterocycles. The van der Waals surface area contributed by atoms with E-state index < -0.39 is 0 Å². The Morgan fingerprint density at radius 3 is 2.33 bits per heavy atom. The lowest BCUT2D eigenvalue weighted by atomic mass is 9.94. The van der Waals surface area contributed by atoms with Crippen molar-refractivity contribution in [2.24, 2.45) is 11.8 Å². The number of piperazine rings is 1. The maximum Gasteiger partial charge on any atom is 0.0244 e. The van der Waals surface area contributed by atoms with E-state index in [0.717, 1.165) is 17.9 Å². The summed E-state index contributed by atoms with van der Waals surface area (Å²) in [6.45, 7) is 15.4. The smallest absolute Gasteiger partial charge is 0.0244 e. The minimum Gasteiger partial charge on any atom is -0.311 e. The van der Waals surface area contributed by atoms with Gasteiger partial charge >= 0.3 is 0 Å². The van der Waals surface area contributed by atoms with Gasteiger partial charge in [0.2, 0.25) is 0 Å². The van der Waals surface area contributed by atoms with Gasteiger partial charge in [0.1, 0.15) is 0 Å². The molecule has 2 unspecified atom stereocenters. The van der Waals surface area contributed by atoms with Gasteiger partial charge in [0.15, 0.2) is 0 Å². The van der Waals surface area contributed by atoms with Crippen molar-refractivity contribution in [3.63, 3.8) is 0 Å². The average molecular weight is 254 g/mol. The third-order valence-electron chi connectivity index (χ3n) is 4.36. The van der Waals surface area contributed by atoms with E-state index in [1.54, 1.807) is 0 Å². The Morgan fingerprint density at radius 1 is 1.06 bits per heavy atom. The Morgan fingerprint density at radius 2 is 1.78 bits per heavy atom. The van der Waals surface area contributed by atoms with Gasteiger partial charge in [0.25, 0.3) is 0 Å². The largest absolute Gasteiger partial charge is 0.311 e. The second-order valence-corrected chi connectivity index (χ2v) is 6.63. The SMILES string of the molecule is CCCCCCN1CC(C(C)C)NCC1C(C)C. The highest BCUT2D eigenvalue weighted by Gasteiger charge is 2.30. The van der Waals surface area contributed by atoms with Crippen LogP contribution in [0.2, 0.25) is 0 Å². The van der Waals surface area contributed by atoms with Crippen LogP contribution >= 0.6 is 0 Å². The van der Waals surface area contributed by atoms with E-state index in [9.17, 15) is 0 Å². The number of unbranched alkanes of at least 4 members (excludes halogenated alkanes) is 3. The Bertz CT molecular complexity index is 213. The van der Waals surface area contributed by atoms with Gasteiger partial charge in [-0.15, -0.1) is 0 Å². The molecule has 0 radical (unpaired) electrons. The molecule has 0 aromatic rings. The van der Waals surface area contributed by atoms with E-state index in [0.29, 0.717) is 6.04 Å². The Hall–Kier alpha value is -0.0800. The lowest BCUT2D eigenvalue weighted by Gasteiger charge is -2.43. The van der Waals surface area contributed by atoms with Crippen molar-refractivity contribution in [1.29, 1.82) is 0 Å². The first-order valence-corrected chi connectivity index (χ1v) is 8.03. The molecule has 0 aromatic heterocycles. The van der Waals surface area contributed by atoms with Crippen LogP contribution in [-0.4, -0.2) is 36.6 Å². The summed E-state index contributed by atoms with van der Waals surface area (Å²) in [5.74, 6) is 1.51. The highest BCUT2D eigenvalue weighted by molar-refractivity contribution is 4.88. The van der Waals surface area contributed by atoms with E-state index in [1.807, 2.05) is 0 Å². The fourth-order valence-electron chi connectivity index (χ4n) is 2.96. The molecule has 1 aliphatic rings. The summed E-state index contributed by atoms with van der Waals surface area (Å²) < 4.78 is 0. The summed E-state index contributed by atoms with van der Waals surface area (Å²) in [4.78, 5) is 2.75. The fraction of sp³-hybridized carbons (Fsp3) is 1.00. The molecule has 0 aromatic carbocycles. The van der Waals surface area contributed by atoms with Crippen LogP contribution in [0.1, 0.15) is 60.3 Å². The highest BCUT2D eigenvalue weighted by atomic mass is 15.2. The van der Waals surface area contributed by atoms with Crippen LogP contribution in [-0.2, 0) is 0 Å². The maximum atomic E-state index is 3.74. The number of hydrogen-bond donors (Lipinski definition) is 1. The second-order valence-electron chi connectivity index (χ2n) is 6.63. The van der Waals surface area contributed by atoms with Gasteiger partial charge in [0.05, 0.1) is 0 Å². The molecule has 0 spiro atoms. The molecule has 1 aliphatic heterocycles. The van der Waals surface area contributed by atoms with Crippen LogP contribution in [0.3, 0.4) is 0 Å². The van der Waals surface area contributed by atoms with E-state index >= 15 is 0 Å². The molecule has 108 valence electrons. The maximum absolute atomic E-state index is 3.74. The zero-order valence-electron chi connectivity index (χ0n) is 13.2. The van der Waals surface area contributed by atoms with Crippen LogP contribution in [0.15, 0.2) is 0 Å². The third kappa shape index (κ3) is 4.89. The Labute approximate surface area is 115 Å². The van der Waals surface area contributed by atoms with Crippen molar-refractivity contribution < 1.29 is 0 Å². The highest BCUT2D eigenvalue weighted by Crippen LogP contribution is 2.19.